The first-order valence-electron chi connectivity index (χ1n) is 3.41. The van der Waals surface area contributed by atoms with Gasteiger partial charge in [0.1, 0.15) is 6.10 Å². The van der Waals surface area contributed by atoms with Crippen LogP contribution in [0.5, 0.6) is 0 Å². The highest BCUT2D eigenvalue weighted by molar-refractivity contribution is 6.28. The fraction of sp³-hybridized carbons (Fsp3) is 1.00. The summed E-state index contributed by atoms with van der Waals surface area (Å²) in [7, 11) is 3.42. The van der Waals surface area contributed by atoms with E-state index < -0.39 is 0 Å². The predicted octanol–water partition coefficient (Wildman–Crippen LogP) is -0.403. The molecule has 0 aromatic heterocycles. The van der Waals surface area contributed by atoms with E-state index in [4.69, 9.17) is 18.6 Å². The van der Waals surface area contributed by atoms with Gasteiger partial charge in [-0.1, -0.05) is 0 Å². The van der Waals surface area contributed by atoms with Crippen LogP contribution in [0, 0.1) is 0 Å². The van der Waals surface area contributed by atoms with Crippen LogP contribution in [-0.4, -0.2) is 49.2 Å². The molecule has 1 fully saturated rings. The van der Waals surface area contributed by atoms with Crippen molar-refractivity contribution in [1.29, 1.82) is 0 Å². The SMILES string of the molecule is COC(OC)[Si]OCC1CO1. The van der Waals surface area contributed by atoms with Crippen LogP contribution in [0.2, 0.25) is 0 Å². The molecule has 0 saturated carbocycles. The fourth-order valence-electron chi connectivity index (χ4n) is 0.566. The lowest BCUT2D eigenvalue weighted by atomic mass is 10.5. The molecule has 1 aliphatic heterocycles. The molecule has 0 amide bonds. The van der Waals surface area contributed by atoms with Crippen molar-refractivity contribution in [1.82, 2.24) is 0 Å². The van der Waals surface area contributed by atoms with Gasteiger partial charge in [0.25, 0.3) is 9.76 Å². The molecular weight excluding hydrogens is 164 g/mol. The van der Waals surface area contributed by atoms with Crippen LogP contribution in [0.25, 0.3) is 0 Å². The molecule has 0 spiro atoms. The zero-order chi connectivity index (χ0) is 8.10. The highest BCUT2D eigenvalue weighted by Gasteiger charge is 2.23. The molecule has 1 saturated heterocycles. The molecular formula is C6H12O4Si. The minimum Gasteiger partial charge on any atom is -0.410 e. The maximum atomic E-state index is 5.25. The van der Waals surface area contributed by atoms with Gasteiger partial charge >= 0.3 is 0 Å². The Morgan fingerprint density at radius 1 is 1.55 bits per heavy atom. The summed E-state index contributed by atoms with van der Waals surface area (Å²) in [5, 5.41) is 0. The molecule has 1 atom stereocenters. The van der Waals surface area contributed by atoms with E-state index in [1.54, 1.807) is 14.2 Å². The molecule has 0 aliphatic carbocycles. The Labute approximate surface area is 68.7 Å². The first-order chi connectivity index (χ1) is 5.36. The highest BCUT2D eigenvalue weighted by atomic mass is 28.2. The van der Waals surface area contributed by atoms with Crippen LogP contribution >= 0.6 is 0 Å². The van der Waals surface area contributed by atoms with Crippen LogP contribution in [-0.2, 0) is 18.6 Å². The van der Waals surface area contributed by atoms with Crippen molar-refractivity contribution < 1.29 is 18.6 Å². The second-order valence-corrected chi connectivity index (χ2v) is 3.18. The normalized spacial score (nSPS) is 22.6. The smallest absolute Gasteiger partial charge is 0.299 e. The number of hydrogen-bond donors (Lipinski definition) is 0. The van der Waals surface area contributed by atoms with Gasteiger partial charge in [-0.15, -0.1) is 0 Å². The zero-order valence-electron chi connectivity index (χ0n) is 6.70. The molecule has 0 bridgehead atoms. The van der Waals surface area contributed by atoms with E-state index >= 15 is 0 Å². The first kappa shape index (κ1) is 9.15. The first-order valence-corrected chi connectivity index (χ1v) is 4.40. The maximum absolute atomic E-state index is 5.25. The summed E-state index contributed by atoms with van der Waals surface area (Å²) in [5.74, 6) is -0.228. The van der Waals surface area contributed by atoms with Crippen molar-refractivity contribution in [2.24, 2.45) is 0 Å². The summed E-state index contributed by atoms with van der Waals surface area (Å²) in [6.07, 6.45) is 0.317. The molecule has 1 heterocycles. The zero-order valence-corrected chi connectivity index (χ0v) is 7.70. The second-order valence-electron chi connectivity index (χ2n) is 2.19. The third kappa shape index (κ3) is 3.83. The van der Waals surface area contributed by atoms with Crippen LogP contribution in [0.4, 0.5) is 0 Å². The lowest BCUT2D eigenvalue weighted by molar-refractivity contribution is -0.0529. The monoisotopic (exact) mass is 176 g/mol. The summed E-state index contributed by atoms with van der Waals surface area (Å²) in [4.78, 5) is 0. The van der Waals surface area contributed by atoms with Crippen molar-refractivity contribution in [2.45, 2.75) is 12.0 Å². The fourth-order valence-corrected chi connectivity index (χ4v) is 1.18. The van der Waals surface area contributed by atoms with Crippen LogP contribution in [0.1, 0.15) is 0 Å². The van der Waals surface area contributed by atoms with Gasteiger partial charge in [-0.05, 0) is 0 Å². The van der Waals surface area contributed by atoms with E-state index in [1.807, 2.05) is 0 Å². The lowest BCUT2D eigenvalue weighted by Gasteiger charge is -2.10. The average molecular weight is 176 g/mol. The topological polar surface area (TPSA) is 40.2 Å². The van der Waals surface area contributed by atoms with Gasteiger partial charge in [0.2, 0.25) is 0 Å². The Kier molecular flexibility index (Phi) is 4.02. The highest BCUT2D eigenvalue weighted by Crippen LogP contribution is 2.08. The quantitative estimate of drug-likeness (QED) is 0.313. The number of rotatable bonds is 6. The van der Waals surface area contributed by atoms with Gasteiger partial charge in [0, 0.05) is 14.2 Å². The van der Waals surface area contributed by atoms with Gasteiger partial charge in [-0.2, -0.15) is 0 Å². The van der Waals surface area contributed by atoms with Crippen molar-refractivity contribution >= 4 is 9.76 Å². The van der Waals surface area contributed by atoms with Gasteiger partial charge in [-0.3, -0.25) is 0 Å². The summed E-state index contributed by atoms with van der Waals surface area (Å²) >= 11 is 0. The van der Waals surface area contributed by atoms with Gasteiger partial charge in [-0.25, -0.2) is 0 Å². The van der Waals surface area contributed by atoms with E-state index in [0.717, 1.165) is 6.61 Å². The maximum Gasteiger partial charge on any atom is 0.299 e. The Balaban J connectivity index is 1.90. The Morgan fingerprint density at radius 2 is 2.18 bits per heavy atom. The molecule has 1 unspecified atom stereocenters. The summed E-state index contributed by atoms with van der Waals surface area (Å²) in [6.45, 7) is 1.48. The van der Waals surface area contributed by atoms with E-state index in [9.17, 15) is 0 Å². The number of epoxide rings is 1. The van der Waals surface area contributed by atoms with Crippen molar-refractivity contribution in [3.8, 4) is 0 Å². The van der Waals surface area contributed by atoms with E-state index in [2.05, 4.69) is 0 Å². The van der Waals surface area contributed by atoms with E-state index in [-0.39, 0.29) is 15.7 Å². The van der Waals surface area contributed by atoms with Crippen LogP contribution < -0.4 is 0 Å². The summed E-state index contributed by atoms with van der Waals surface area (Å²) in [5.41, 5.74) is 0. The van der Waals surface area contributed by atoms with Gasteiger partial charge < -0.3 is 18.6 Å². The minimum atomic E-state index is -0.228. The molecule has 2 radical (unpaired) electrons. The molecule has 0 aromatic carbocycles. The predicted molar refractivity (Wildman–Crippen MR) is 39.3 cm³/mol. The minimum absolute atomic E-state index is 0.228. The Bertz CT molecular complexity index is 103. The van der Waals surface area contributed by atoms with Crippen LogP contribution in [0.3, 0.4) is 0 Å². The van der Waals surface area contributed by atoms with Gasteiger partial charge in [0.05, 0.1) is 13.2 Å². The lowest BCUT2D eigenvalue weighted by Crippen LogP contribution is -2.25. The van der Waals surface area contributed by atoms with Crippen molar-refractivity contribution in [3.63, 3.8) is 0 Å². The third-order valence-corrected chi connectivity index (χ3v) is 2.28. The summed E-state index contributed by atoms with van der Waals surface area (Å²) in [6, 6.07) is 0. The van der Waals surface area contributed by atoms with Gasteiger partial charge in [0.15, 0.2) is 5.91 Å². The molecule has 0 N–H and O–H groups in total. The van der Waals surface area contributed by atoms with Crippen molar-refractivity contribution in [2.75, 3.05) is 27.4 Å². The van der Waals surface area contributed by atoms with Crippen molar-refractivity contribution in [3.05, 3.63) is 0 Å². The molecule has 1 rings (SSSR count). The van der Waals surface area contributed by atoms with Crippen LogP contribution in [0.15, 0.2) is 0 Å². The summed E-state index contributed by atoms with van der Waals surface area (Å²) < 4.78 is 20.1. The number of ether oxygens (including phenoxy) is 3. The molecule has 4 nitrogen and oxygen atoms in total. The Morgan fingerprint density at radius 3 is 2.64 bits per heavy atom. The second kappa shape index (κ2) is 4.84. The molecule has 11 heavy (non-hydrogen) atoms. The van der Waals surface area contributed by atoms with E-state index in [1.165, 1.54) is 0 Å². The molecule has 64 valence electrons. The number of methoxy groups -OCH3 is 2. The molecule has 0 aromatic rings. The molecule has 5 heteroatoms. The van der Waals surface area contributed by atoms with E-state index in [0.29, 0.717) is 12.7 Å². The standard InChI is InChI=1S/C6H12O4Si/c1-7-6(8-2)11-10-4-5-3-9-5/h5-6H,3-4H2,1-2H3. The largest absolute Gasteiger partial charge is 0.410 e. The Hall–Kier alpha value is 0.0569. The average Bonchev–Trinajstić information content (AvgIpc) is 2.82. The molecule has 1 aliphatic rings. The third-order valence-electron chi connectivity index (χ3n) is 1.28. The number of hydrogen-bond acceptors (Lipinski definition) is 4.